The van der Waals surface area contributed by atoms with Gasteiger partial charge in [0.25, 0.3) is 5.62 Å². The van der Waals surface area contributed by atoms with E-state index in [1.54, 1.807) is 16.8 Å². The minimum absolute atomic E-state index is 0.128. The molecule has 1 unspecified atom stereocenters. The Morgan fingerprint density at radius 2 is 2.13 bits per heavy atom. The first-order valence-electron chi connectivity index (χ1n) is 9.98. The summed E-state index contributed by atoms with van der Waals surface area (Å²) in [6, 6.07) is 4.08. The van der Waals surface area contributed by atoms with Crippen LogP contribution in [0.25, 0.3) is 11.7 Å². The molecule has 0 amide bonds. The minimum Gasteiger partial charge on any atom is -0.493 e. The van der Waals surface area contributed by atoms with Gasteiger partial charge in [0.15, 0.2) is 5.65 Å². The van der Waals surface area contributed by atoms with E-state index in [0.717, 1.165) is 24.1 Å². The first kappa shape index (κ1) is 19.0. The maximum absolute atomic E-state index is 11.4. The van der Waals surface area contributed by atoms with Gasteiger partial charge in [0.1, 0.15) is 5.69 Å². The molecule has 0 saturated heterocycles. The lowest BCUT2D eigenvalue weighted by molar-refractivity contribution is 0.454. The smallest absolute Gasteiger partial charge is 0.326 e. The molecule has 31 heavy (non-hydrogen) atoms. The highest BCUT2D eigenvalue weighted by Crippen LogP contribution is 2.22. The SMILES string of the molecule is Cc1ccc(C(C)Nc2nc(=NC3CC3)n3nc/c(=C\c4[nH]c(=O)[nH]c4O)c3n2)nc1. The summed E-state index contributed by atoms with van der Waals surface area (Å²) in [5, 5.41) is 18.1. The van der Waals surface area contributed by atoms with Crippen LogP contribution >= 0.6 is 0 Å². The van der Waals surface area contributed by atoms with Gasteiger partial charge < -0.3 is 15.4 Å². The molecule has 0 bridgehead atoms. The number of anilines is 1. The van der Waals surface area contributed by atoms with Crippen molar-refractivity contribution >= 4 is 17.7 Å². The van der Waals surface area contributed by atoms with Gasteiger partial charge in [-0.3, -0.25) is 9.97 Å². The van der Waals surface area contributed by atoms with E-state index >= 15 is 0 Å². The molecule has 1 saturated carbocycles. The third kappa shape index (κ3) is 3.89. The molecule has 0 aromatic carbocycles. The molecule has 0 radical (unpaired) electrons. The van der Waals surface area contributed by atoms with Crippen LogP contribution in [0.1, 0.15) is 42.8 Å². The van der Waals surface area contributed by atoms with E-state index in [4.69, 9.17) is 0 Å². The van der Waals surface area contributed by atoms with Crippen molar-refractivity contribution < 1.29 is 5.11 Å². The predicted molar refractivity (Wildman–Crippen MR) is 112 cm³/mol. The third-order valence-electron chi connectivity index (χ3n) is 4.98. The summed E-state index contributed by atoms with van der Waals surface area (Å²) in [7, 11) is 0. The number of H-pyrrole nitrogens is 2. The summed E-state index contributed by atoms with van der Waals surface area (Å²) in [6.07, 6.45) is 7.06. The molecule has 4 heterocycles. The number of hydrogen-bond donors (Lipinski definition) is 4. The van der Waals surface area contributed by atoms with Crippen LogP contribution in [0.5, 0.6) is 5.88 Å². The normalized spacial score (nSPS) is 16.2. The zero-order chi connectivity index (χ0) is 21.5. The maximum atomic E-state index is 11.4. The third-order valence-corrected chi connectivity index (χ3v) is 4.98. The van der Waals surface area contributed by atoms with Crippen molar-refractivity contribution in [1.82, 2.24) is 34.5 Å². The highest BCUT2D eigenvalue weighted by atomic mass is 16.3. The molecular weight excluding hydrogens is 398 g/mol. The molecule has 1 aliphatic rings. The molecule has 1 fully saturated rings. The highest BCUT2D eigenvalue weighted by Gasteiger charge is 2.21. The van der Waals surface area contributed by atoms with E-state index in [2.05, 4.69) is 40.3 Å². The van der Waals surface area contributed by atoms with Crippen molar-refractivity contribution in [2.24, 2.45) is 4.99 Å². The number of nitrogens with one attached hydrogen (secondary N) is 3. The van der Waals surface area contributed by atoms with Gasteiger partial charge in [-0.2, -0.15) is 19.6 Å². The number of aryl methyl sites for hydroxylation is 1. The molecule has 4 aromatic rings. The summed E-state index contributed by atoms with van der Waals surface area (Å²) in [5.41, 5.74) is 2.65. The molecule has 4 aromatic heterocycles. The Bertz CT molecular complexity index is 1430. The monoisotopic (exact) mass is 419 g/mol. The first-order valence-corrected chi connectivity index (χ1v) is 9.98. The summed E-state index contributed by atoms with van der Waals surface area (Å²) in [4.78, 5) is 34.6. The Kier molecular flexibility index (Phi) is 4.50. The molecule has 4 N–H and O–H groups in total. The molecule has 0 aliphatic heterocycles. The predicted octanol–water partition coefficient (Wildman–Crippen LogP) is 0.334. The molecule has 1 aliphatic carbocycles. The Labute approximate surface area is 175 Å². The fourth-order valence-corrected chi connectivity index (χ4v) is 3.15. The Hall–Kier alpha value is -4.02. The van der Waals surface area contributed by atoms with Gasteiger partial charge in [0.2, 0.25) is 11.8 Å². The van der Waals surface area contributed by atoms with E-state index in [1.807, 2.05) is 32.2 Å². The second kappa shape index (κ2) is 7.35. The van der Waals surface area contributed by atoms with E-state index in [9.17, 15) is 9.90 Å². The number of fused-ring (bicyclic) bond motifs is 1. The second-order valence-electron chi connectivity index (χ2n) is 7.65. The van der Waals surface area contributed by atoms with Crippen molar-refractivity contribution in [3.8, 4) is 5.88 Å². The lowest BCUT2D eigenvalue weighted by Crippen LogP contribution is -2.25. The molecule has 158 valence electrons. The van der Waals surface area contributed by atoms with Crippen molar-refractivity contribution in [3.05, 3.63) is 62.8 Å². The fourth-order valence-electron chi connectivity index (χ4n) is 3.15. The number of hydrogen-bond acceptors (Lipinski definition) is 8. The Morgan fingerprint density at radius 3 is 2.81 bits per heavy atom. The largest absolute Gasteiger partial charge is 0.493 e. The van der Waals surface area contributed by atoms with Gasteiger partial charge in [0, 0.05) is 11.4 Å². The van der Waals surface area contributed by atoms with Crippen molar-refractivity contribution in [2.75, 3.05) is 5.32 Å². The maximum Gasteiger partial charge on any atom is 0.326 e. The van der Waals surface area contributed by atoms with Crippen LogP contribution in [0.3, 0.4) is 0 Å². The number of rotatable bonds is 5. The quantitative estimate of drug-likeness (QED) is 0.364. The van der Waals surface area contributed by atoms with Crippen LogP contribution in [-0.2, 0) is 0 Å². The lowest BCUT2D eigenvalue weighted by atomic mass is 10.2. The average Bonchev–Trinajstić information content (AvgIpc) is 3.37. The molecular formula is C20H21N9O2. The molecule has 1 atom stereocenters. The van der Waals surface area contributed by atoms with Gasteiger partial charge >= 0.3 is 5.69 Å². The summed E-state index contributed by atoms with van der Waals surface area (Å²) < 4.78 is 1.56. The first-order chi connectivity index (χ1) is 15.0. The van der Waals surface area contributed by atoms with Crippen LogP contribution in [-0.4, -0.2) is 45.7 Å². The molecule has 0 spiro atoms. The van der Waals surface area contributed by atoms with Crippen LogP contribution in [0.15, 0.2) is 34.3 Å². The van der Waals surface area contributed by atoms with E-state index < -0.39 is 5.69 Å². The van der Waals surface area contributed by atoms with Crippen LogP contribution in [0.2, 0.25) is 0 Å². The zero-order valence-corrected chi connectivity index (χ0v) is 17.0. The minimum atomic E-state index is -0.499. The molecule has 11 nitrogen and oxygen atoms in total. The summed E-state index contributed by atoms with van der Waals surface area (Å²) in [6.45, 7) is 3.97. The number of aromatic amines is 2. The fraction of sp³-hybridized carbons (Fsp3) is 0.300. The average molecular weight is 419 g/mol. The Balaban J connectivity index is 1.61. The van der Waals surface area contributed by atoms with Gasteiger partial charge in [-0.25, -0.2) is 9.79 Å². The van der Waals surface area contributed by atoms with Crippen molar-refractivity contribution in [1.29, 1.82) is 0 Å². The van der Waals surface area contributed by atoms with E-state index in [-0.39, 0.29) is 23.7 Å². The van der Waals surface area contributed by atoms with Crippen LogP contribution in [0.4, 0.5) is 5.95 Å². The van der Waals surface area contributed by atoms with Gasteiger partial charge in [0.05, 0.1) is 24.0 Å². The number of aromatic hydroxyl groups is 1. The molecule has 5 rings (SSSR count). The number of aromatic nitrogens is 7. The topological polar surface area (TPSA) is 149 Å². The number of pyridine rings is 1. The van der Waals surface area contributed by atoms with Crippen molar-refractivity contribution in [2.45, 2.75) is 38.8 Å². The summed E-state index contributed by atoms with van der Waals surface area (Å²) in [5.74, 6) is 0.141. The molecule has 11 heteroatoms. The highest BCUT2D eigenvalue weighted by molar-refractivity contribution is 5.57. The van der Waals surface area contributed by atoms with E-state index in [1.165, 1.54) is 0 Å². The van der Waals surface area contributed by atoms with Gasteiger partial charge in [-0.1, -0.05) is 6.07 Å². The van der Waals surface area contributed by atoms with Gasteiger partial charge in [-0.05, 0) is 44.4 Å². The lowest BCUT2D eigenvalue weighted by Gasteiger charge is -2.13. The van der Waals surface area contributed by atoms with Crippen LogP contribution in [0, 0.1) is 6.92 Å². The van der Waals surface area contributed by atoms with Crippen molar-refractivity contribution in [3.63, 3.8) is 0 Å². The zero-order valence-electron chi connectivity index (χ0n) is 17.0. The number of nitrogens with zero attached hydrogens (tertiary/aromatic N) is 6. The van der Waals surface area contributed by atoms with Gasteiger partial charge in [-0.15, -0.1) is 0 Å². The summed E-state index contributed by atoms with van der Waals surface area (Å²) >= 11 is 0. The van der Waals surface area contributed by atoms with Crippen LogP contribution < -0.4 is 21.8 Å². The van der Waals surface area contributed by atoms with E-state index in [0.29, 0.717) is 22.4 Å². The number of imidazole rings is 1. The second-order valence-corrected chi connectivity index (χ2v) is 7.65. The Morgan fingerprint density at radius 1 is 1.29 bits per heavy atom. The standard InChI is InChI=1S/C20H21N9O2/c1-10-3-6-14(21-8-10)11(2)23-18-26-16-12(7-15-17(30)27-20(31)25-15)9-22-29(16)19(28-18)24-13-4-5-13/h3,6-9,11,13,30H,4-5H2,1-2H3,(H,23,24,28)(H2,25,27,31)/b12-7+.